The molecular formula is C14H18Cl2N4O2. The fourth-order valence-corrected chi connectivity index (χ4v) is 2.49. The quantitative estimate of drug-likeness (QED) is 0.915. The zero-order valence-corrected chi connectivity index (χ0v) is 13.5. The Labute approximate surface area is 140 Å². The van der Waals surface area contributed by atoms with E-state index in [2.05, 4.69) is 15.0 Å². The van der Waals surface area contributed by atoms with Crippen molar-refractivity contribution in [2.75, 3.05) is 19.7 Å². The Kier molecular flexibility index (Phi) is 6.16. The minimum atomic E-state index is 0. The Morgan fingerprint density at radius 3 is 2.77 bits per heavy atom. The first kappa shape index (κ1) is 17.2. The summed E-state index contributed by atoms with van der Waals surface area (Å²) in [5.41, 5.74) is 6.59. The summed E-state index contributed by atoms with van der Waals surface area (Å²) in [6.07, 6.45) is 0.0388. The highest BCUT2D eigenvalue weighted by Crippen LogP contribution is 2.24. The van der Waals surface area contributed by atoms with Crippen LogP contribution in [0.15, 0.2) is 28.8 Å². The second kappa shape index (κ2) is 7.89. The number of halogens is 2. The molecule has 1 atom stereocenters. The summed E-state index contributed by atoms with van der Waals surface area (Å²) >= 11 is 5.91. The minimum Gasteiger partial charge on any atom is -0.371 e. The summed E-state index contributed by atoms with van der Waals surface area (Å²) in [6, 6.07) is 7.76. The van der Waals surface area contributed by atoms with E-state index in [0.717, 1.165) is 23.7 Å². The first-order valence-electron chi connectivity index (χ1n) is 6.85. The lowest BCUT2D eigenvalue weighted by Gasteiger charge is -2.32. The molecule has 22 heavy (non-hydrogen) atoms. The van der Waals surface area contributed by atoms with E-state index in [0.29, 0.717) is 24.9 Å². The second-order valence-corrected chi connectivity index (χ2v) is 5.39. The molecule has 6 nitrogen and oxygen atoms in total. The molecular weight excluding hydrogens is 327 g/mol. The Balaban J connectivity index is 0.00000176. The van der Waals surface area contributed by atoms with Gasteiger partial charge in [-0.25, -0.2) is 0 Å². The Bertz CT molecular complexity index is 591. The fraction of sp³-hybridized carbons (Fsp3) is 0.429. The van der Waals surface area contributed by atoms with Crippen LogP contribution >= 0.6 is 24.0 Å². The Hall–Kier alpha value is -1.18. The molecule has 8 heteroatoms. The lowest BCUT2D eigenvalue weighted by molar-refractivity contribution is -0.0338. The van der Waals surface area contributed by atoms with Crippen molar-refractivity contribution in [1.29, 1.82) is 0 Å². The first-order valence-corrected chi connectivity index (χ1v) is 7.23. The summed E-state index contributed by atoms with van der Waals surface area (Å²) in [5, 5.41) is 4.65. The van der Waals surface area contributed by atoms with Crippen LogP contribution in [0.3, 0.4) is 0 Å². The van der Waals surface area contributed by atoms with Crippen molar-refractivity contribution < 1.29 is 9.26 Å². The van der Waals surface area contributed by atoms with Crippen LogP contribution in [0.5, 0.6) is 0 Å². The molecule has 2 aromatic rings. The number of aromatic nitrogens is 2. The molecule has 1 aromatic heterocycles. The molecule has 1 aliphatic heterocycles. The van der Waals surface area contributed by atoms with Gasteiger partial charge in [-0.1, -0.05) is 28.9 Å². The van der Waals surface area contributed by atoms with Crippen molar-refractivity contribution in [3.63, 3.8) is 0 Å². The maximum atomic E-state index is 5.91. The molecule has 2 heterocycles. The van der Waals surface area contributed by atoms with E-state index < -0.39 is 0 Å². The molecule has 1 aliphatic rings. The molecule has 1 saturated heterocycles. The van der Waals surface area contributed by atoms with Gasteiger partial charge >= 0.3 is 0 Å². The van der Waals surface area contributed by atoms with E-state index in [1.54, 1.807) is 0 Å². The van der Waals surface area contributed by atoms with E-state index >= 15 is 0 Å². The van der Waals surface area contributed by atoms with E-state index in [4.69, 9.17) is 26.6 Å². The Morgan fingerprint density at radius 1 is 1.32 bits per heavy atom. The van der Waals surface area contributed by atoms with Gasteiger partial charge in [0.05, 0.1) is 25.8 Å². The van der Waals surface area contributed by atoms with Crippen LogP contribution in [-0.4, -0.2) is 34.7 Å². The van der Waals surface area contributed by atoms with Gasteiger partial charge in [-0.3, -0.25) is 4.90 Å². The van der Waals surface area contributed by atoms with Gasteiger partial charge in [-0.2, -0.15) is 4.98 Å². The molecule has 0 saturated carbocycles. The molecule has 2 N–H and O–H groups in total. The van der Waals surface area contributed by atoms with Crippen molar-refractivity contribution in [3.05, 3.63) is 46.6 Å². The van der Waals surface area contributed by atoms with Gasteiger partial charge in [-0.05, 0) is 17.7 Å². The molecule has 0 aliphatic carbocycles. The smallest absolute Gasteiger partial charge is 0.240 e. The van der Waals surface area contributed by atoms with Gasteiger partial charge in [-0.15, -0.1) is 12.4 Å². The molecule has 0 spiro atoms. The van der Waals surface area contributed by atoms with E-state index in [1.807, 2.05) is 24.3 Å². The molecule has 0 radical (unpaired) electrons. The van der Waals surface area contributed by atoms with Crippen molar-refractivity contribution >= 4 is 24.0 Å². The van der Waals surface area contributed by atoms with Gasteiger partial charge in [0.2, 0.25) is 5.89 Å². The summed E-state index contributed by atoms with van der Waals surface area (Å²) in [7, 11) is 0. The molecule has 0 amide bonds. The molecule has 1 fully saturated rings. The minimum absolute atomic E-state index is 0. The topological polar surface area (TPSA) is 77.4 Å². The third kappa shape index (κ3) is 4.18. The number of morpholine rings is 1. The number of nitrogens with two attached hydrogens (primary N) is 1. The highest BCUT2D eigenvalue weighted by atomic mass is 35.5. The highest BCUT2D eigenvalue weighted by molar-refractivity contribution is 6.30. The van der Waals surface area contributed by atoms with E-state index in [-0.39, 0.29) is 25.1 Å². The standard InChI is InChI=1S/C14H17ClN4O2.ClH/c15-11-3-1-10(2-4-11)12-8-19(5-6-20-12)9-13-17-14(7-16)21-18-13;/h1-4,12H,5-9,16H2;1H. The lowest BCUT2D eigenvalue weighted by Crippen LogP contribution is -2.38. The molecule has 1 unspecified atom stereocenters. The number of rotatable bonds is 4. The monoisotopic (exact) mass is 344 g/mol. The first-order chi connectivity index (χ1) is 10.2. The van der Waals surface area contributed by atoms with Crippen LogP contribution in [0.1, 0.15) is 23.4 Å². The second-order valence-electron chi connectivity index (χ2n) is 4.95. The zero-order chi connectivity index (χ0) is 14.7. The number of hydrogen-bond donors (Lipinski definition) is 1. The largest absolute Gasteiger partial charge is 0.371 e. The van der Waals surface area contributed by atoms with E-state index in [1.165, 1.54) is 0 Å². The normalized spacial score (nSPS) is 18.9. The van der Waals surface area contributed by atoms with Gasteiger partial charge in [0, 0.05) is 18.1 Å². The molecule has 3 rings (SSSR count). The maximum absolute atomic E-state index is 5.91. The summed E-state index contributed by atoms with van der Waals surface area (Å²) in [4.78, 5) is 6.47. The van der Waals surface area contributed by atoms with Crippen LogP contribution < -0.4 is 5.73 Å². The average molecular weight is 345 g/mol. The fourth-order valence-electron chi connectivity index (χ4n) is 2.36. The van der Waals surface area contributed by atoms with Crippen LogP contribution in [-0.2, 0) is 17.8 Å². The van der Waals surface area contributed by atoms with E-state index in [9.17, 15) is 0 Å². The summed E-state index contributed by atoms with van der Waals surface area (Å²) in [6.45, 7) is 3.21. The third-order valence-corrected chi connectivity index (χ3v) is 3.69. The molecule has 120 valence electrons. The predicted octanol–water partition coefficient (Wildman–Crippen LogP) is 2.18. The maximum Gasteiger partial charge on any atom is 0.240 e. The number of benzene rings is 1. The molecule has 0 bridgehead atoms. The lowest BCUT2D eigenvalue weighted by atomic mass is 10.1. The number of nitrogens with zero attached hydrogens (tertiary/aromatic N) is 3. The van der Waals surface area contributed by atoms with Crippen molar-refractivity contribution in [3.8, 4) is 0 Å². The van der Waals surface area contributed by atoms with Crippen LogP contribution in [0.4, 0.5) is 0 Å². The number of hydrogen-bond acceptors (Lipinski definition) is 6. The summed E-state index contributed by atoms with van der Waals surface area (Å²) < 4.78 is 10.9. The van der Waals surface area contributed by atoms with Crippen molar-refractivity contribution in [2.24, 2.45) is 5.73 Å². The van der Waals surface area contributed by atoms with Crippen molar-refractivity contribution in [2.45, 2.75) is 19.2 Å². The highest BCUT2D eigenvalue weighted by Gasteiger charge is 2.23. The number of ether oxygens (including phenoxy) is 1. The Morgan fingerprint density at radius 2 is 2.09 bits per heavy atom. The van der Waals surface area contributed by atoms with Gasteiger partial charge < -0.3 is 15.0 Å². The SMILES string of the molecule is Cl.NCc1nc(CN2CCOC(c3ccc(Cl)cc3)C2)no1. The van der Waals surface area contributed by atoms with Crippen molar-refractivity contribution in [1.82, 2.24) is 15.0 Å². The predicted molar refractivity (Wildman–Crippen MR) is 84.9 cm³/mol. The van der Waals surface area contributed by atoms with Crippen LogP contribution in [0.25, 0.3) is 0 Å². The van der Waals surface area contributed by atoms with Gasteiger partial charge in [0.1, 0.15) is 0 Å². The van der Waals surface area contributed by atoms with Gasteiger partial charge in [0.25, 0.3) is 0 Å². The third-order valence-electron chi connectivity index (χ3n) is 3.44. The zero-order valence-electron chi connectivity index (χ0n) is 11.9. The average Bonchev–Trinajstić information content (AvgIpc) is 2.96. The van der Waals surface area contributed by atoms with Gasteiger partial charge in [0.15, 0.2) is 5.82 Å². The molecule has 1 aromatic carbocycles. The van der Waals surface area contributed by atoms with Crippen LogP contribution in [0.2, 0.25) is 5.02 Å². The van der Waals surface area contributed by atoms with Crippen LogP contribution in [0, 0.1) is 0 Å². The summed E-state index contributed by atoms with van der Waals surface area (Å²) in [5.74, 6) is 1.12.